The molecule has 296 valence electrons. The fraction of sp³-hybridized carbons (Fsp3) is 0.172. The Labute approximate surface area is 367 Å². The molecule has 0 saturated heterocycles. The van der Waals surface area contributed by atoms with E-state index in [1.807, 2.05) is 11.3 Å². The molecule has 2 aromatic heterocycles. The van der Waals surface area contributed by atoms with E-state index in [-0.39, 0.29) is 23.1 Å². The number of benzene rings is 8. The van der Waals surface area contributed by atoms with E-state index in [0.717, 1.165) is 0 Å². The summed E-state index contributed by atoms with van der Waals surface area (Å²) in [4.78, 5) is 2.72. The number of fused-ring (bicyclic) bond motifs is 18. The number of thiophene rings is 1. The van der Waals surface area contributed by atoms with E-state index in [0.29, 0.717) is 0 Å². The number of rotatable bonds is 1. The topological polar surface area (TPSA) is 8.17 Å². The second-order valence-corrected chi connectivity index (χ2v) is 21.6. The molecule has 4 heterocycles. The van der Waals surface area contributed by atoms with Gasteiger partial charge in [0, 0.05) is 64.4 Å². The predicted octanol–water partition coefficient (Wildman–Crippen LogP) is 14.3. The molecule has 4 aliphatic rings. The molecular weight excluding hydrogens is 768 g/mol. The van der Waals surface area contributed by atoms with Gasteiger partial charge in [-0.3, -0.25) is 0 Å². The van der Waals surface area contributed by atoms with Crippen molar-refractivity contribution in [3.63, 3.8) is 0 Å². The Morgan fingerprint density at radius 2 is 1.23 bits per heavy atom. The largest absolute Gasteiger partial charge is 0.376 e. The van der Waals surface area contributed by atoms with Crippen LogP contribution in [0.25, 0.3) is 81.0 Å². The summed E-state index contributed by atoms with van der Waals surface area (Å²) in [6.07, 6.45) is 0. The lowest BCUT2D eigenvalue weighted by atomic mass is 9.43. The maximum Gasteiger partial charge on any atom is 0.333 e. The molecule has 0 unspecified atom stereocenters. The third-order valence-electron chi connectivity index (χ3n) is 15.5. The average molecular weight is 813 g/mol. The second-order valence-electron chi connectivity index (χ2n) is 20.5. The van der Waals surface area contributed by atoms with Crippen LogP contribution in [0, 0.1) is 0 Å². The Bertz CT molecular complexity index is 3680. The number of hydrogen-bond donors (Lipinski definition) is 0. The highest BCUT2D eigenvalue weighted by Crippen LogP contribution is 2.56. The maximum absolute atomic E-state index is 2.72. The average Bonchev–Trinajstić information content (AvgIpc) is 3.95. The van der Waals surface area contributed by atoms with Crippen molar-refractivity contribution in [1.82, 2.24) is 4.57 Å². The van der Waals surface area contributed by atoms with Crippen molar-refractivity contribution >= 4 is 82.5 Å². The zero-order valence-electron chi connectivity index (χ0n) is 36.2. The third-order valence-corrected chi connectivity index (χ3v) is 16.7. The number of aromatic nitrogens is 1. The summed E-state index contributed by atoms with van der Waals surface area (Å²) in [6, 6.07) is 56.9. The van der Waals surface area contributed by atoms with Crippen molar-refractivity contribution in [3.8, 4) is 39.1 Å². The molecule has 62 heavy (non-hydrogen) atoms. The van der Waals surface area contributed by atoms with Crippen LogP contribution in [0.5, 0.6) is 0 Å². The first kappa shape index (κ1) is 35.3. The van der Waals surface area contributed by atoms with E-state index in [2.05, 4.69) is 203 Å². The number of nitrogens with zero attached hydrogens (tertiary/aromatic N) is 2. The van der Waals surface area contributed by atoms with Crippen LogP contribution in [-0.2, 0) is 16.2 Å². The Morgan fingerprint density at radius 3 is 2.02 bits per heavy atom. The molecule has 0 spiro atoms. The quantitative estimate of drug-likeness (QED) is 0.150. The summed E-state index contributed by atoms with van der Waals surface area (Å²) in [5.74, 6) is 0. The Kier molecular flexibility index (Phi) is 6.46. The molecule has 2 nitrogen and oxygen atoms in total. The summed E-state index contributed by atoms with van der Waals surface area (Å²) in [6.45, 7) is 16.5. The Balaban J connectivity index is 1.17. The molecule has 14 rings (SSSR count). The minimum atomic E-state index is -0.135. The van der Waals surface area contributed by atoms with Crippen LogP contribution in [0.2, 0.25) is 0 Å². The van der Waals surface area contributed by atoms with Crippen molar-refractivity contribution in [1.29, 1.82) is 0 Å². The van der Waals surface area contributed by atoms with Crippen LogP contribution < -0.4 is 15.7 Å². The monoisotopic (exact) mass is 812 g/mol. The molecule has 0 fully saturated rings. The van der Waals surface area contributed by atoms with Crippen molar-refractivity contribution in [2.75, 3.05) is 4.81 Å². The van der Waals surface area contributed by atoms with E-state index < -0.39 is 0 Å². The molecule has 0 atom stereocenters. The van der Waals surface area contributed by atoms with E-state index >= 15 is 0 Å². The molecule has 0 radical (unpaired) electrons. The van der Waals surface area contributed by atoms with Gasteiger partial charge in [-0.1, -0.05) is 152 Å². The normalized spacial score (nSPS) is 15.9. The van der Waals surface area contributed by atoms with Crippen LogP contribution in [0.3, 0.4) is 0 Å². The fourth-order valence-electron chi connectivity index (χ4n) is 12.5. The molecule has 8 aromatic carbocycles. The molecule has 4 heteroatoms. The van der Waals surface area contributed by atoms with Gasteiger partial charge in [0.1, 0.15) is 0 Å². The van der Waals surface area contributed by atoms with Crippen LogP contribution >= 0.6 is 11.3 Å². The molecule has 0 amide bonds. The standard InChI is InChI=1S/C58H45BN2S/c1-56(2,3)32-20-22-33(23-21-32)61-48-31-51-41(35-15-10-13-19-50(35)62-51)28-40(48)36-24-25-38-53-47(27-26-44-52(53)37-16-9-12-18-43(37)57(44,4)5)60-49-30-45-39(29-46(49)59(61)54(36)55(38)60)34-14-8-11-17-42(34)58(45,6)7/h8-31H,1-7H3. The highest BCUT2D eigenvalue weighted by atomic mass is 32.1. The highest BCUT2D eigenvalue weighted by molar-refractivity contribution is 7.25. The lowest BCUT2D eigenvalue weighted by Gasteiger charge is -2.42. The lowest BCUT2D eigenvalue weighted by molar-refractivity contribution is 0.590. The van der Waals surface area contributed by atoms with E-state index in [9.17, 15) is 0 Å². The molecule has 2 aliphatic carbocycles. The predicted molar refractivity (Wildman–Crippen MR) is 267 cm³/mol. The van der Waals surface area contributed by atoms with Gasteiger partial charge in [-0.2, -0.15) is 0 Å². The zero-order chi connectivity index (χ0) is 41.8. The first-order valence-electron chi connectivity index (χ1n) is 22.3. The Hall–Kier alpha value is -6.36. The van der Waals surface area contributed by atoms with Gasteiger partial charge in [0.2, 0.25) is 0 Å². The van der Waals surface area contributed by atoms with Gasteiger partial charge in [-0.25, -0.2) is 0 Å². The van der Waals surface area contributed by atoms with Crippen LogP contribution in [-0.4, -0.2) is 11.4 Å². The van der Waals surface area contributed by atoms with Crippen LogP contribution in [0.1, 0.15) is 76.3 Å². The molecule has 0 saturated carbocycles. The van der Waals surface area contributed by atoms with Crippen LogP contribution in [0.15, 0.2) is 146 Å². The smallest absolute Gasteiger partial charge is 0.333 e. The third kappa shape index (κ3) is 4.18. The molecular formula is C58H45BN2S. The Morgan fingerprint density at radius 1 is 0.516 bits per heavy atom. The summed E-state index contributed by atoms with van der Waals surface area (Å²) in [5.41, 5.74) is 24.1. The van der Waals surface area contributed by atoms with Gasteiger partial charge < -0.3 is 9.38 Å². The van der Waals surface area contributed by atoms with Gasteiger partial charge in [-0.05, 0) is 114 Å². The van der Waals surface area contributed by atoms with Gasteiger partial charge >= 0.3 is 6.85 Å². The van der Waals surface area contributed by atoms with Crippen molar-refractivity contribution in [2.24, 2.45) is 0 Å². The summed E-state index contributed by atoms with van der Waals surface area (Å²) >= 11 is 1.91. The second kappa shape index (κ2) is 11.4. The molecule has 10 aromatic rings. The van der Waals surface area contributed by atoms with Crippen molar-refractivity contribution in [3.05, 3.63) is 173 Å². The summed E-state index contributed by atoms with van der Waals surface area (Å²) < 4.78 is 5.35. The first-order chi connectivity index (χ1) is 29.9. The zero-order valence-corrected chi connectivity index (χ0v) is 37.1. The van der Waals surface area contributed by atoms with Gasteiger partial charge in [-0.15, -0.1) is 11.3 Å². The van der Waals surface area contributed by atoms with E-state index in [1.54, 1.807) is 0 Å². The number of anilines is 2. The SMILES string of the molecule is CC(C)(C)c1ccc(N2B3c4cc5c(cc4-n4c6ccc7c(c6c6ccc(c3c64)-c3cc4c(cc32)sc2ccccc24)-c2ccccc2C7(C)C)C(C)(C)c2ccccc2-5)cc1. The lowest BCUT2D eigenvalue weighted by Crippen LogP contribution is -2.60. The van der Waals surface area contributed by atoms with Crippen molar-refractivity contribution in [2.45, 2.75) is 64.7 Å². The maximum atomic E-state index is 2.72. The molecule has 0 bridgehead atoms. The van der Waals surface area contributed by atoms with Crippen LogP contribution in [0.4, 0.5) is 11.4 Å². The van der Waals surface area contributed by atoms with Gasteiger partial charge in [0.25, 0.3) is 0 Å². The highest BCUT2D eigenvalue weighted by Gasteiger charge is 2.47. The fourth-order valence-corrected chi connectivity index (χ4v) is 13.6. The number of hydrogen-bond acceptors (Lipinski definition) is 2. The summed E-state index contributed by atoms with van der Waals surface area (Å²) in [5, 5.41) is 5.39. The minimum Gasteiger partial charge on any atom is -0.376 e. The molecule has 2 aliphatic heterocycles. The summed E-state index contributed by atoms with van der Waals surface area (Å²) in [7, 11) is 0. The van der Waals surface area contributed by atoms with Gasteiger partial charge in [0.05, 0.1) is 11.0 Å². The van der Waals surface area contributed by atoms with E-state index in [1.165, 1.54) is 131 Å². The minimum absolute atomic E-state index is 0.0485. The first-order valence-corrected chi connectivity index (χ1v) is 23.1. The van der Waals surface area contributed by atoms with E-state index in [4.69, 9.17) is 0 Å². The van der Waals surface area contributed by atoms with Crippen molar-refractivity contribution < 1.29 is 0 Å². The van der Waals surface area contributed by atoms with Gasteiger partial charge in [0.15, 0.2) is 0 Å². The molecule has 0 N–H and O–H groups in total.